The average molecular weight is 340 g/mol. The molecule has 0 radical (unpaired) electrons. The van der Waals surface area contributed by atoms with Crippen LogP contribution in [0.15, 0.2) is 15.9 Å². The van der Waals surface area contributed by atoms with E-state index in [9.17, 15) is 4.79 Å². The van der Waals surface area contributed by atoms with Gasteiger partial charge in [0.2, 0.25) is 5.91 Å². The number of carbonyl (C=O) groups excluding carboxylic acids is 1. The Morgan fingerprint density at radius 1 is 1.65 bits per heavy atom. The molecule has 1 saturated heterocycles. The Balaban J connectivity index is 0.00000144. The van der Waals surface area contributed by atoms with Gasteiger partial charge < -0.3 is 10.6 Å². The summed E-state index contributed by atoms with van der Waals surface area (Å²) >= 11 is 5.07. The maximum atomic E-state index is 11.8. The molecule has 2 rings (SSSR count). The molecule has 6 heteroatoms. The van der Waals surface area contributed by atoms with Crippen molar-refractivity contribution >= 4 is 45.6 Å². The summed E-state index contributed by atoms with van der Waals surface area (Å²) in [6.45, 7) is 4.59. The summed E-state index contributed by atoms with van der Waals surface area (Å²) in [7, 11) is 0. The van der Waals surface area contributed by atoms with Gasteiger partial charge in [-0.15, -0.1) is 23.7 Å². The van der Waals surface area contributed by atoms with Gasteiger partial charge in [0.1, 0.15) is 0 Å². The van der Waals surface area contributed by atoms with Crippen LogP contribution in [-0.2, 0) is 11.3 Å². The van der Waals surface area contributed by atoms with E-state index in [0.29, 0.717) is 12.5 Å². The third-order valence-corrected chi connectivity index (χ3v) is 4.62. The smallest absolute Gasteiger partial charge is 0.223 e. The van der Waals surface area contributed by atoms with Crippen molar-refractivity contribution < 1.29 is 4.79 Å². The molecule has 0 saturated carbocycles. The first-order valence-corrected chi connectivity index (χ1v) is 7.00. The molecule has 2 heterocycles. The molecule has 1 aromatic heterocycles. The van der Waals surface area contributed by atoms with Crippen LogP contribution < -0.4 is 10.6 Å². The summed E-state index contributed by atoms with van der Waals surface area (Å²) in [5.41, 5.74) is 0. The van der Waals surface area contributed by atoms with Crippen molar-refractivity contribution in [3.8, 4) is 0 Å². The highest BCUT2D eigenvalue weighted by molar-refractivity contribution is 9.11. The molecule has 1 aliphatic rings. The zero-order chi connectivity index (χ0) is 11.5. The first kappa shape index (κ1) is 15.0. The van der Waals surface area contributed by atoms with Crippen molar-refractivity contribution in [2.24, 2.45) is 11.8 Å². The van der Waals surface area contributed by atoms with Crippen LogP contribution in [0.3, 0.4) is 0 Å². The van der Waals surface area contributed by atoms with E-state index in [1.54, 1.807) is 11.3 Å². The monoisotopic (exact) mass is 338 g/mol. The molecule has 1 amide bonds. The number of amides is 1. The molecule has 1 aliphatic heterocycles. The Morgan fingerprint density at radius 2 is 2.35 bits per heavy atom. The molecule has 0 aliphatic carbocycles. The summed E-state index contributed by atoms with van der Waals surface area (Å²) in [6, 6.07) is 4.04. The maximum absolute atomic E-state index is 11.8. The van der Waals surface area contributed by atoms with Crippen LogP contribution >= 0.6 is 39.7 Å². The van der Waals surface area contributed by atoms with Gasteiger partial charge >= 0.3 is 0 Å². The average Bonchev–Trinajstić information content (AvgIpc) is 2.58. The number of rotatable bonds is 4. The minimum absolute atomic E-state index is 0. The molecule has 0 spiro atoms. The summed E-state index contributed by atoms with van der Waals surface area (Å²) in [5.74, 6) is 0.788. The van der Waals surface area contributed by atoms with Crippen LogP contribution in [0.4, 0.5) is 0 Å². The van der Waals surface area contributed by atoms with Crippen molar-refractivity contribution in [1.29, 1.82) is 0 Å². The van der Waals surface area contributed by atoms with Gasteiger partial charge in [0.25, 0.3) is 0 Å². The number of nitrogens with one attached hydrogen (secondary N) is 2. The molecule has 96 valence electrons. The van der Waals surface area contributed by atoms with Gasteiger partial charge in [-0.2, -0.15) is 0 Å². The minimum Gasteiger partial charge on any atom is -0.351 e. The van der Waals surface area contributed by atoms with E-state index in [-0.39, 0.29) is 24.2 Å². The Hall–Kier alpha value is -0.100. The summed E-state index contributed by atoms with van der Waals surface area (Å²) in [5, 5.41) is 6.17. The summed E-state index contributed by atoms with van der Waals surface area (Å²) in [6.07, 6.45) is 0. The first-order valence-electron chi connectivity index (χ1n) is 5.39. The van der Waals surface area contributed by atoms with E-state index >= 15 is 0 Å². The van der Waals surface area contributed by atoms with Crippen molar-refractivity contribution in [3.05, 3.63) is 20.8 Å². The SMILES string of the molecule is CC(C(=O)NCc1ccc(Br)s1)C1CNC1.Cl. The lowest BCUT2D eigenvalue weighted by molar-refractivity contribution is -0.126. The van der Waals surface area contributed by atoms with Crippen LogP contribution in [-0.4, -0.2) is 19.0 Å². The summed E-state index contributed by atoms with van der Waals surface area (Å²) < 4.78 is 1.10. The second-order valence-electron chi connectivity index (χ2n) is 4.13. The first-order chi connectivity index (χ1) is 7.66. The number of halogens is 2. The lowest BCUT2D eigenvalue weighted by atomic mass is 9.88. The molecule has 2 N–H and O–H groups in total. The zero-order valence-electron chi connectivity index (χ0n) is 9.53. The molecule has 0 aromatic carbocycles. The Bertz CT molecular complexity index is 381. The molecular weight excluding hydrogens is 324 g/mol. The van der Waals surface area contributed by atoms with Gasteiger partial charge in [-0.3, -0.25) is 4.79 Å². The Kier molecular flexibility index (Phi) is 5.92. The topological polar surface area (TPSA) is 41.1 Å². The van der Waals surface area contributed by atoms with E-state index < -0.39 is 0 Å². The van der Waals surface area contributed by atoms with Crippen molar-refractivity contribution in [3.63, 3.8) is 0 Å². The van der Waals surface area contributed by atoms with Crippen molar-refractivity contribution in [2.45, 2.75) is 13.5 Å². The zero-order valence-corrected chi connectivity index (χ0v) is 12.8. The van der Waals surface area contributed by atoms with Crippen LogP contribution in [0, 0.1) is 11.8 Å². The number of hydrogen-bond acceptors (Lipinski definition) is 3. The van der Waals surface area contributed by atoms with E-state index in [1.807, 2.05) is 19.1 Å². The molecular formula is C11H16BrClN2OS. The molecule has 1 fully saturated rings. The van der Waals surface area contributed by atoms with Crippen LogP contribution in [0.2, 0.25) is 0 Å². The van der Waals surface area contributed by atoms with Gasteiger partial charge in [-0.1, -0.05) is 6.92 Å². The van der Waals surface area contributed by atoms with E-state index in [2.05, 4.69) is 26.6 Å². The number of carbonyl (C=O) groups is 1. The fraction of sp³-hybridized carbons (Fsp3) is 0.545. The van der Waals surface area contributed by atoms with E-state index in [4.69, 9.17) is 0 Å². The van der Waals surface area contributed by atoms with Crippen molar-refractivity contribution in [2.75, 3.05) is 13.1 Å². The maximum Gasteiger partial charge on any atom is 0.223 e. The second kappa shape index (κ2) is 6.73. The molecule has 3 nitrogen and oxygen atoms in total. The quantitative estimate of drug-likeness (QED) is 0.884. The van der Waals surface area contributed by atoms with Gasteiger partial charge in [0, 0.05) is 10.8 Å². The second-order valence-corrected chi connectivity index (χ2v) is 6.68. The molecule has 17 heavy (non-hydrogen) atoms. The third-order valence-electron chi connectivity index (χ3n) is 3.00. The molecule has 1 aromatic rings. The highest BCUT2D eigenvalue weighted by atomic mass is 79.9. The highest BCUT2D eigenvalue weighted by Crippen LogP contribution is 2.22. The lowest BCUT2D eigenvalue weighted by Crippen LogP contribution is -2.49. The Labute approximate surface area is 120 Å². The third kappa shape index (κ3) is 3.95. The number of thiophene rings is 1. The lowest BCUT2D eigenvalue weighted by Gasteiger charge is -2.31. The standard InChI is InChI=1S/C11H15BrN2OS.ClH/c1-7(8-4-13-5-8)11(15)14-6-9-2-3-10(12)16-9;/h2-3,7-8,13H,4-6H2,1H3,(H,14,15);1H. The predicted octanol–water partition coefficient (Wildman–Crippen LogP) is 2.40. The Morgan fingerprint density at radius 3 is 2.82 bits per heavy atom. The van der Waals surface area contributed by atoms with E-state index in [0.717, 1.165) is 16.9 Å². The number of hydrogen-bond donors (Lipinski definition) is 2. The van der Waals surface area contributed by atoms with Crippen molar-refractivity contribution in [1.82, 2.24) is 10.6 Å². The van der Waals surface area contributed by atoms with Gasteiger partial charge in [-0.25, -0.2) is 0 Å². The molecule has 1 unspecified atom stereocenters. The molecule has 0 bridgehead atoms. The predicted molar refractivity (Wildman–Crippen MR) is 76.6 cm³/mol. The van der Waals surface area contributed by atoms with Crippen LogP contribution in [0.5, 0.6) is 0 Å². The fourth-order valence-electron chi connectivity index (χ4n) is 1.66. The van der Waals surface area contributed by atoms with Gasteiger partial charge in [0.05, 0.1) is 10.3 Å². The van der Waals surface area contributed by atoms with Gasteiger partial charge in [-0.05, 0) is 47.1 Å². The van der Waals surface area contributed by atoms with Gasteiger partial charge in [0.15, 0.2) is 0 Å². The molecule has 1 atom stereocenters. The summed E-state index contributed by atoms with van der Waals surface area (Å²) in [4.78, 5) is 13.0. The van der Waals surface area contributed by atoms with E-state index in [1.165, 1.54) is 4.88 Å². The fourth-order valence-corrected chi connectivity index (χ4v) is 3.08. The highest BCUT2D eigenvalue weighted by Gasteiger charge is 2.28. The largest absolute Gasteiger partial charge is 0.351 e. The van der Waals surface area contributed by atoms with Crippen LogP contribution in [0.1, 0.15) is 11.8 Å². The minimum atomic E-state index is 0. The van der Waals surface area contributed by atoms with Crippen LogP contribution in [0.25, 0.3) is 0 Å². The normalized spacial score (nSPS) is 16.8.